The van der Waals surface area contributed by atoms with E-state index in [4.69, 9.17) is 15.2 Å². The van der Waals surface area contributed by atoms with Gasteiger partial charge in [-0.25, -0.2) is 9.59 Å². The van der Waals surface area contributed by atoms with Gasteiger partial charge >= 0.3 is 11.9 Å². The predicted octanol–water partition coefficient (Wildman–Crippen LogP) is 2.78. The van der Waals surface area contributed by atoms with E-state index in [0.29, 0.717) is 11.3 Å². The van der Waals surface area contributed by atoms with Gasteiger partial charge in [-0.2, -0.15) is 5.26 Å². The minimum atomic E-state index is -0.944. The highest BCUT2D eigenvalue weighted by molar-refractivity contribution is 6.06. The smallest absolute Gasteiger partial charge is 0.355 e. The first kappa shape index (κ1) is 25.1. The number of amides is 1. The Morgan fingerprint density at radius 3 is 2.29 bits per heavy atom. The highest BCUT2D eigenvalue weighted by Crippen LogP contribution is 2.43. The van der Waals surface area contributed by atoms with Crippen LogP contribution in [0.3, 0.4) is 0 Å². The second kappa shape index (κ2) is 10.6. The predicted molar refractivity (Wildman–Crippen MR) is 128 cm³/mol. The van der Waals surface area contributed by atoms with Gasteiger partial charge in [0.1, 0.15) is 11.5 Å². The molecule has 3 rings (SSSR count). The highest BCUT2D eigenvalue weighted by Gasteiger charge is 2.43. The molecule has 1 heterocycles. The summed E-state index contributed by atoms with van der Waals surface area (Å²) in [6, 6.07) is 17.4. The van der Waals surface area contributed by atoms with Crippen LogP contribution in [-0.2, 0) is 23.9 Å². The Kier molecular flexibility index (Phi) is 7.56. The van der Waals surface area contributed by atoms with Crippen LogP contribution in [0.1, 0.15) is 36.9 Å². The minimum Gasteiger partial charge on any atom is -0.466 e. The van der Waals surface area contributed by atoms with E-state index < -0.39 is 17.9 Å². The average Bonchev–Trinajstić information content (AvgIpc) is 2.87. The normalized spacial score (nSPS) is 16.3. The molecule has 9 heteroatoms. The van der Waals surface area contributed by atoms with Gasteiger partial charge in [-0.3, -0.25) is 9.69 Å². The Labute approximate surface area is 203 Å². The van der Waals surface area contributed by atoms with E-state index in [1.807, 2.05) is 0 Å². The number of nitrogens with two attached hydrogens (primary N) is 1. The van der Waals surface area contributed by atoms with Crippen molar-refractivity contribution < 1.29 is 23.9 Å². The average molecular weight is 475 g/mol. The van der Waals surface area contributed by atoms with Crippen LogP contribution in [0.2, 0.25) is 0 Å². The second-order valence-electron chi connectivity index (χ2n) is 7.85. The summed E-state index contributed by atoms with van der Waals surface area (Å²) in [5, 5.41) is 12.9. The molecule has 2 aromatic rings. The molecule has 0 fully saturated rings. The molecular formula is C26H26N4O5. The van der Waals surface area contributed by atoms with Gasteiger partial charge in [-0.05, 0) is 30.2 Å². The number of allylic oxidation sites excluding steroid dienone is 1. The fourth-order valence-electron chi connectivity index (χ4n) is 4.10. The van der Waals surface area contributed by atoms with Crippen molar-refractivity contribution in [2.75, 3.05) is 19.1 Å². The summed E-state index contributed by atoms with van der Waals surface area (Å²) in [6.07, 6.45) is 0. The number of hydrogen-bond donors (Lipinski definition) is 2. The first-order chi connectivity index (χ1) is 16.7. The van der Waals surface area contributed by atoms with Crippen molar-refractivity contribution in [2.24, 2.45) is 5.73 Å². The molecule has 1 aliphatic heterocycles. The number of rotatable bonds is 6. The molecule has 0 radical (unpaired) electrons. The van der Waals surface area contributed by atoms with Gasteiger partial charge in [0.2, 0.25) is 5.91 Å². The number of carbonyl (C=O) groups excluding carboxylic acids is 3. The fourth-order valence-corrected chi connectivity index (χ4v) is 4.10. The molecule has 1 aliphatic rings. The molecule has 2 atom stereocenters. The zero-order valence-electron chi connectivity index (χ0n) is 19.9. The van der Waals surface area contributed by atoms with Gasteiger partial charge in [-0.15, -0.1) is 0 Å². The minimum absolute atomic E-state index is 0.0289. The highest BCUT2D eigenvalue weighted by atomic mass is 16.5. The van der Waals surface area contributed by atoms with Gasteiger partial charge in [0.15, 0.2) is 0 Å². The topological polar surface area (TPSA) is 135 Å². The zero-order chi connectivity index (χ0) is 25.7. The first-order valence-corrected chi connectivity index (χ1v) is 10.8. The maximum atomic E-state index is 13.1. The number of carbonyl (C=O) groups is 3. The molecule has 3 N–H and O–H groups in total. The lowest BCUT2D eigenvalue weighted by Gasteiger charge is -2.36. The third-order valence-electron chi connectivity index (χ3n) is 5.66. The zero-order valence-corrected chi connectivity index (χ0v) is 19.9. The number of nitriles is 1. The van der Waals surface area contributed by atoms with Crippen LogP contribution in [-0.4, -0.2) is 32.1 Å². The Bertz CT molecular complexity index is 1260. The SMILES string of the molecule is COC(=O)C1=C(C(=O)OC)N(c2cccc(C(C)NC(C)=O)c2)C(N)=C(C#N)C1c1ccccc1. The van der Waals surface area contributed by atoms with Crippen LogP contribution < -0.4 is 16.0 Å². The summed E-state index contributed by atoms with van der Waals surface area (Å²) in [7, 11) is 2.38. The molecule has 0 bridgehead atoms. The van der Waals surface area contributed by atoms with E-state index in [2.05, 4.69) is 11.4 Å². The number of nitrogens with zero attached hydrogens (tertiary/aromatic N) is 2. The number of nitrogens with one attached hydrogen (secondary N) is 1. The molecule has 0 aromatic heterocycles. The van der Waals surface area contributed by atoms with Crippen LogP contribution in [0.4, 0.5) is 5.69 Å². The third-order valence-corrected chi connectivity index (χ3v) is 5.66. The van der Waals surface area contributed by atoms with Crippen molar-refractivity contribution in [1.29, 1.82) is 5.26 Å². The van der Waals surface area contributed by atoms with Gasteiger partial charge in [-0.1, -0.05) is 42.5 Å². The van der Waals surface area contributed by atoms with E-state index in [-0.39, 0.29) is 34.6 Å². The van der Waals surface area contributed by atoms with Gasteiger partial charge in [0.25, 0.3) is 0 Å². The number of hydrogen-bond acceptors (Lipinski definition) is 8. The number of benzene rings is 2. The van der Waals surface area contributed by atoms with Crippen LogP contribution in [0.5, 0.6) is 0 Å². The van der Waals surface area contributed by atoms with E-state index in [9.17, 15) is 19.6 Å². The molecule has 2 aromatic carbocycles. The summed E-state index contributed by atoms with van der Waals surface area (Å²) in [4.78, 5) is 39.1. The standard InChI is InChI=1S/C26H26N4O5/c1-15(29-16(2)31)18-11-8-12-19(13-18)30-23(26(33)35-4)22(25(32)34-3)21(20(14-27)24(30)28)17-9-6-5-7-10-17/h5-13,15,21H,28H2,1-4H3,(H,29,31). The number of anilines is 1. The van der Waals surface area contributed by atoms with Crippen LogP contribution in [0.25, 0.3) is 0 Å². The molecule has 0 spiro atoms. The lowest BCUT2D eigenvalue weighted by atomic mass is 9.81. The van der Waals surface area contributed by atoms with Gasteiger partial charge < -0.3 is 20.5 Å². The summed E-state index contributed by atoms with van der Waals surface area (Å²) < 4.78 is 10.1. The van der Waals surface area contributed by atoms with Crippen molar-refractivity contribution in [3.63, 3.8) is 0 Å². The summed E-state index contributed by atoms with van der Waals surface area (Å²) in [5.74, 6) is -2.81. The number of esters is 2. The van der Waals surface area contributed by atoms with Crippen LogP contribution in [0, 0.1) is 11.3 Å². The van der Waals surface area contributed by atoms with Crippen LogP contribution in [0.15, 0.2) is 77.3 Å². The maximum absolute atomic E-state index is 13.1. The van der Waals surface area contributed by atoms with E-state index >= 15 is 0 Å². The summed E-state index contributed by atoms with van der Waals surface area (Å²) in [5.41, 5.74) is 8.06. The second-order valence-corrected chi connectivity index (χ2v) is 7.85. The molecule has 35 heavy (non-hydrogen) atoms. The number of ether oxygens (including phenoxy) is 2. The van der Waals surface area contributed by atoms with Crippen molar-refractivity contribution >= 4 is 23.5 Å². The number of methoxy groups -OCH3 is 2. The Balaban J connectivity index is 2.33. The Morgan fingerprint density at radius 2 is 1.71 bits per heavy atom. The summed E-state index contributed by atoms with van der Waals surface area (Å²) >= 11 is 0. The monoisotopic (exact) mass is 474 g/mol. The fraction of sp³-hybridized carbons (Fsp3) is 0.231. The lowest BCUT2D eigenvalue weighted by molar-refractivity contribution is -0.139. The van der Waals surface area contributed by atoms with E-state index in [0.717, 1.165) is 5.56 Å². The maximum Gasteiger partial charge on any atom is 0.355 e. The lowest BCUT2D eigenvalue weighted by Crippen LogP contribution is -2.40. The van der Waals surface area contributed by atoms with Crippen molar-refractivity contribution in [2.45, 2.75) is 25.8 Å². The van der Waals surface area contributed by atoms with E-state index in [1.165, 1.54) is 26.0 Å². The van der Waals surface area contributed by atoms with Crippen molar-refractivity contribution in [3.05, 3.63) is 88.4 Å². The largest absolute Gasteiger partial charge is 0.466 e. The third kappa shape index (κ3) is 4.87. The van der Waals surface area contributed by atoms with Crippen LogP contribution >= 0.6 is 0 Å². The molecular weight excluding hydrogens is 448 g/mol. The Hall–Kier alpha value is -4.58. The molecule has 2 unspecified atom stereocenters. The summed E-state index contributed by atoms with van der Waals surface area (Å²) in [6.45, 7) is 3.22. The molecule has 0 aliphatic carbocycles. The first-order valence-electron chi connectivity index (χ1n) is 10.8. The molecule has 1 amide bonds. The van der Waals surface area contributed by atoms with E-state index in [1.54, 1.807) is 61.5 Å². The Morgan fingerprint density at radius 1 is 1.06 bits per heavy atom. The molecule has 0 saturated carbocycles. The quantitative estimate of drug-likeness (QED) is 0.610. The van der Waals surface area contributed by atoms with Gasteiger partial charge in [0, 0.05) is 12.6 Å². The van der Waals surface area contributed by atoms with Crippen molar-refractivity contribution in [1.82, 2.24) is 5.32 Å². The van der Waals surface area contributed by atoms with Crippen molar-refractivity contribution in [3.8, 4) is 6.07 Å². The van der Waals surface area contributed by atoms with Gasteiger partial charge in [0.05, 0.1) is 43.4 Å². The molecule has 180 valence electrons. The molecule has 9 nitrogen and oxygen atoms in total. The molecule has 0 saturated heterocycles.